The first kappa shape index (κ1) is 21.3. The summed E-state index contributed by atoms with van der Waals surface area (Å²) in [6.45, 7) is 1.35. The SMILES string of the molecule is COc1cncc([C@@H]2CCON2C(=O)C2CCC(Cn3ccc4ncc(C#N)cc43)CC2)n1. The van der Waals surface area contributed by atoms with Crippen molar-refractivity contribution in [3.63, 3.8) is 0 Å². The summed E-state index contributed by atoms with van der Waals surface area (Å²) in [6.07, 6.45) is 11.2. The number of methoxy groups -OCH3 is 1. The Labute approximate surface area is 191 Å². The Balaban J connectivity index is 1.22. The van der Waals surface area contributed by atoms with Gasteiger partial charge in [0.25, 0.3) is 0 Å². The molecule has 1 atom stereocenters. The maximum Gasteiger partial charge on any atom is 0.249 e. The molecule has 0 N–H and O–H groups in total. The van der Waals surface area contributed by atoms with Crippen LogP contribution >= 0.6 is 0 Å². The van der Waals surface area contributed by atoms with Gasteiger partial charge in [-0.3, -0.25) is 19.6 Å². The van der Waals surface area contributed by atoms with Gasteiger partial charge in [0.1, 0.15) is 12.1 Å². The number of amides is 1. The zero-order valence-electron chi connectivity index (χ0n) is 18.6. The van der Waals surface area contributed by atoms with E-state index in [-0.39, 0.29) is 17.9 Å². The molecule has 1 amide bonds. The highest BCUT2D eigenvalue weighted by molar-refractivity contribution is 5.78. The van der Waals surface area contributed by atoms with E-state index < -0.39 is 0 Å². The zero-order chi connectivity index (χ0) is 22.8. The summed E-state index contributed by atoms with van der Waals surface area (Å²) in [5.41, 5.74) is 3.15. The van der Waals surface area contributed by atoms with Gasteiger partial charge in [-0.15, -0.1) is 0 Å². The minimum Gasteiger partial charge on any atom is -0.480 e. The number of hydroxylamine groups is 2. The number of hydrogen-bond acceptors (Lipinski definition) is 7. The van der Waals surface area contributed by atoms with Crippen molar-refractivity contribution in [2.45, 2.75) is 44.7 Å². The fraction of sp³-hybridized carbons (Fsp3) is 0.458. The van der Waals surface area contributed by atoms with E-state index in [9.17, 15) is 10.1 Å². The average Bonchev–Trinajstić information content (AvgIpc) is 3.51. The van der Waals surface area contributed by atoms with Crippen molar-refractivity contribution < 1.29 is 14.4 Å². The Hall–Kier alpha value is -3.51. The second-order valence-electron chi connectivity index (χ2n) is 8.71. The fourth-order valence-corrected chi connectivity index (χ4v) is 4.91. The van der Waals surface area contributed by atoms with E-state index in [0.29, 0.717) is 36.1 Å². The molecule has 0 spiro atoms. The third-order valence-electron chi connectivity index (χ3n) is 6.70. The minimum atomic E-state index is -0.231. The molecule has 9 nitrogen and oxygen atoms in total. The first-order chi connectivity index (χ1) is 16.2. The van der Waals surface area contributed by atoms with Crippen LogP contribution in [-0.4, -0.2) is 44.2 Å². The van der Waals surface area contributed by atoms with E-state index in [1.807, 2.05) is 18.3 Å². The molecule has 1 saturated carbocycles. The number of ether oxygens (including phenoxy) is 1. The maximum absolute atomic E-state index is 13.3. The fourth-order valence-electron chi connectivity index (χ4n) is 4.91. The summed E-state index contributed by atoms with van der Waals surface area (Å²) in [6, 6.07) is 5.81. The second kappa shape index (κ2) is 9.16. The quantitative estimate of drug-likeness (QED) is 0.591. The number of carbonyl (C=O) groups excluding carboxylic acids is 1. The van der Waals surface area contributed by atoms with Crippen molar-refractivity contribution in [1.82, 2.24) is 24.6 Å². The van der Waals surface area contributed by atoms with Crippen LogP contribution in [0.25, 0.3) is 11.0 Å². The van der Waals surface area contributed by atoms with Crippen LogP contribution in [0.2, 0.25) is 0 Å². The normalized spacial score (nSPS) is 22.9. The number of carbonyl (C=O) groups is 1. The van der Waals surface area contributed by atoms with Crippen LogP contribution in [-0.2, 0) is 16.2 Å². The molecule has 2 fully saturated rings. The predicted molar refractivity (Wildman–Crippen MR) is 119 cm³/mol. The third kappa shape index (κ3) is 4.26. The minimum absolute atomic E-state index is 0.0369. The van der Waals surface area contributed by atoms with Gasteiger partial charge in [-0.1, -0.05) is 0 Å². The van der Waals surface area contributed by atoms with Crippen LogP contribution in [0.15, 0.2) is 36.9 Å². The first-order valence-electron chi connectivity index (χ1n) is 11.3. The number of nitriles is 1. The van der Waals surface area contributed by atoms with Gasteiger partial charge in [-0.25, -0.2) is 10.0 Å². The molecule has 0 radical (unpaired) electrons. The standard InChI is InChI=1S/C24H26N6O3/c1-32-23-14-26-13-20(28-23)21-7-9-33-30(21)24(31)18-4-2-16(3-5-18)15-29-8-6-19-22(29)10-17(11-25)12-27-19/h6,8,10,12-14,16,18,21H,2-5,7,9,15H2,1H3/t16?,18?,21-/m0/s1. The molecule has 1 saturated heterocycles. The average molecular weight is 447 g/mol. The van der Waals surface area contributed by atoms with Crippen molar-refractivity contribution in [2.75, 3.05) is 13.7 Å². The molecule has 1 aliphatic heterocycles. The molecule has 0 bridgehead atoms. The summed E-state index contributed by atoms with van der Waals surface area (Å²) in [5, 5.41) is 10.7. The first-order valence-corrected chi connectivity index (χ1v) is 11.3. The summed E-state index contributed by atoms with van der Waals surface area (Å²) >= 11 is 0. The number of hydrogen-bond donors (Lipinski definition) is 0. The van der Waals surface area contributed by atoms with Crippen molar-refractivity contribution in [3.05, 3.63) is 48.2 Å². The summed E-state index contributed by atoms with van der Waals surface area (Å²) in [5.74, 6) is 0.903. The molecule has 3 aromatic heterocycles. The van der Waals surface area contributed by atoms with Crippen LogP contribution in [0, 0.1) is 23.2 Å². The lowest BCUT2D eigenvalue weighted by Crippen LogP contribution is -2.37. The van der Waals surface area contributed by atoms with Gasteiger partial charge in [0, 0.05) is 31.3 Å². The lowest BCUT2D eigenvalue weighted by atomic mass is 9.81. The van der Waals surface area contributed by atoms with Crippen LogP contribution in [0.4, 0.5) is 0 Å². The Morgan fingerprint density at radius 1 is 1.24 bits per heavy atom. The number of nitrogens with zero attached hydrogens (tertiary/aromatic N) is 6. The Bertz CT molecular complexity index is 1190. The molecule has 33 heavy (non-hydrogen) atoms. The molecule has 4 heterocycles. The van der Waals surface area contributed by atoms with Crippen LogP contribution in [0.3, 0.4) is 0 Å². The zero-order valence-corrected chi connectivity index (χ0v) is 18.6. The van der Waals surface area contributed by atoms with Gasteiger partial charge in [-0.05, 0) is 43.7 Å². The van der Waals surface area contributed by atoms with Gasteiger partial charge in [0.05, 0.1) is 48.4 Å². The topological polar surface area (TPSA) is 106 Å². The van der Waals surface area contributed by atoms with E-state index in [1.54, 1.807) is 25.7 Å². The molecule has 9 heteroatoms. The smallest absolute Gasteiger partial charge is 0.249 e. The second-order valence-corrected chi connectivity index (χ2v) is 8.71. The van der Waals surface area contributed by atoms with Crippen molar-refractivity contribution in [2.24, 2.45) is 11.8 Å². The highest BCUT2D eigenvalue weighted by atomic mass is 16.7. The molecule has 3 aromatic rings. The Morgan fingerprint density at radius 2 is 2.09 bits per heavy atom. The highest BCUT2D eigenvalue weighted by Crippen LogP contribution is 2.36. The maximum atomic E-state index is 13.3. The summed E-state index contributed by atoms with van der Waals surface area (Å²) in [4.78, 5) is 32.0. The molecule has 0 unspecified atom stereocenters. The molecule has 2 aliphatic rings. The Morgan fingerprint density at radius 3 is 2.88 bits per heavy atom. The number of fused-ring (bicyclic) bond motifs is 1. The van der Waals surface area contributed by atoms with Crippen molar-refractivity contribution in [3.8, 4) is 11.9 Å². The van der Waals surface area contributed by atoms with Gasteiger partial charge in [0.2, 0.25) is 11.8 Å². The lowest BCUT2D eigenvalue weighted by molar-refractivity contribution is -0.183. The number of rotatable bonds is 5. The molecule has 5 rings (SSSR count). The monoisotopic (exact) mass is 446 g/mol. The molecule has 0 aromatic carbocycles. The van der Waals surface area contributed by atoms with E-state index in [1.165, 1.54) is 5.06 Å². The lowest BCUT2D eigenvalue weighted by Gasteiger charge is -2.32. The van der Waals surface area contributed by atoms with E-state index in [2.05, 4.69) is 25.6 Å². The predicted octanol–water partition coefficient (Wildman–Crippen LogP) is 3.42. The highest BCUT2D eigenvalue weighted by Gasteiger charge is 2.38. The van der Waals surface area contributed by atoms with Gasteiger partial charge >= 0.3 is 0 Å². The molecular formula is C24H26N6O3. The van der Waals surface area contributed by atoms with Crippen LogP contribution in [0.5, 0.6) is 5.88 Å². The molecular weight excluding hydrogens is 420 g/mol. The summed E-state index contributed by atoms with van der Waals surface area (Å²) < 4.78 is 7.36. The number of aromatic nitrogens is 4. The third-order valence-corrected chi connectivity index (χ3v) is 6.70. The van der Waals surface area contributed by atoms with Gasteiger partial charge in [0.15, 0.2) is 0 Å². The van der Waals surface area contributed by atoms with Crippen LogP contribution < -0.4 is 4.74 Å². The molecule has 170 valence electrons. The van der Waals surface area contributed by atoms with E-state index in [4.69, 9.17) is 9.57 Å². The van der Waals surface area contributed by atoms with Crippen LogP contribution in [0.1, 0.15) is 49.4 Å². The van der Waals surface area contributed by atoms with Gasteiger partial charge in [-0.2, -0.15) is 5.26 Å². The molecule has 1 aliphatic carbocycles. The van der Waals surface area contributed by atoms with Gasteiger partial charge < -0.3 is 9.30 Å². The Kier molecular flexibility index (Phi) is 5.92. The van der Waals surface area contributed by atoms with E-state index >= 15 is 0 Å². The summed E-state index contributed by atoms with van der Waals surface area (Å²) in [7, 11) is 1.55. The van der Waals surface area contributed by atoms with Crippen molar-refractivity contribution in [1.29, 1.82) is 5.26 Å². The van der Waals surface area contributed by atoms with Crippen molar-refractivity contribution >= 4 is 16.9 Å². The van der Waals surface area contributed by atoms with E-state index in [0.717, 1.165) is 43.3 Å². The largest absolute Gasteiger partial charge is 0.480 e. The number of pyridine rings is 1.